The minimum atomic E-state index is -0.182. The summed E-state index contributed by atoms with van der Waals surface area (Å²) in [5.41, 5.74) is 5.72. The third-order valence-corrected chi connectivity index (χ3v) is 7.99. The van der Waals surface area contributed by atoms with E-state index in [1.54, 1.807) is 0 Å². The van der Waals surface area contributed by atoms with Gasteiger partial charge in [0.25, 0.3) is 0 Å². The second-order valence-electron chi connectivity index (χ2n) is 10.3. The molecule has 2 atom stereocenters. The Labute approximate surface area is 225 Å². The summed E-state index contributed by atoms with van der Waals surface area (Å²) in [6.07, 6.45) is 8.77. The maximum Gasteiger partial charge on any atom is 0.234 e. The van der Waals surface area contributed by atoms with E-state index >= 15 is 0 Å². The minimum absolute atomic E-state index is 0.0524. The molecule has 1 aliphatic carbocycles. The molecule has 0 spiro atoms. The van der Waals surface area contributed by atoms with Crippen LogP contribution in [0.5, 0.6) is 0 Å². The molecule has 4 aromatic carbocycles. The second-order valence-corrected chi connectivity index (χ2v) is 10.3. The van der Waals surface area contributed by atoms with E-state index in [2.05, 4.69) is 78.6 Å². The number of fused-ring (bicyclic) bond motifs is 6. The lowest BCUT2D eigenvalue weighted by molar-refractivity contribution is 0.546. The number of hydrogen-bond acceptors (Lipinski definition) is 5. The van der Waals surface area contributed by atoms with Crippen molar-refractivity contribution in [1.29, 1.82) is 0 Å². The number of allylic oxidation sites excluding steroid dienone is 2. The fraction of sp³-hybridized carbons (Fsp3) is 0.0882. The van der Waals surface area contributed by atoms with Gasteiger partial charge in [-0.15, -0.1) is 0 Å². The summed E-state index contributed by atoms with van der Waals surface area (Å²) in [4.78, 5) is 17.4. The lowest BCUT2D eigenvalue weighted by Crippen LogP contribution is -2.40. The highest BCUT2D eigenvalue weighted by Crippen LogP contribution is 2.50. The number of aromatic nitrogens is 3. The average molecular weight is 505 g/mol. The molecule has 2 unspecified atom stereocenters. The summed E-state index contributed by atoms with van der Waals surface area (Å²) >= 11 is 0. The van der Waals surface area contributed by atoms with Crippen LogP contribution < -0.4 is 4.90 Å². The standard InChI is InChI=1S/C34H24N4O/c1-34-20-10-9-17-30(34)38(27-15-7-6-14-26(27)34)33-36-31(22-11-3-2-4-12-22)35-32(37-33)23-18-19-25-24-13-5-8-16-28(24)39-29(25)21-23/h2-21,30H,1H3. The third-order valence-electron chi connectivity index (χ3n) is 7.99. The molecular weight excluding hydrogens is 480 g/mol. The van der Waals surface area contributed by atoms with Gasteiger partial charge in [0, 0.05) is 33.0 Å². The number of rotatable bonds is 3. The number of benzene rings is 4. The van der Waals surface area contributed by atoms with Crippen LogP contribution in [-0.2, 0) is 5.41 Å². The van der Waals surface area contributed by atoms with Crippen LogP contribution >= 0.6 is 0 Å². The van der Waals surface area contributed by atoms with Gasteiger partial charge >= 0.3 is 0 Å². The Morgan fingerprint density at radius 3 is 2.33 bits per heavy atom. The van der Waals surface area contributed by atoms with Crippen molar-refractivity contribution < 1.29 is 4.42 Å². The number of hydrogen-bond donors (Lipinski definition) is 0. The van der Waals surface area contributed by atoms with Crippen molar-refractivity contribution in [1.82, 2.24) is 15.0 Å². The predicted octanol–water partition coefficient (Wildman–Crippen LogP) is 8.01. The summed E-state index contributed by atoms with van der Waals surface area (Å²) in [6, 6.07) is 33.0. The van der Waals surface area contributed by atoms with Gasteiger partial charge in [-0.1, -0.05) is 97.1 Å². The summed E-state index contributed by atoms with van der Waals surface area (Å²) in [5.74, 6) is 1.88. The van der Waals surface area contributed by atoms with Crippen LogP contribution in [0.25, 0.3) is 44.7 Å². The largest absolute Gasteiger partial charge is 0.456 e. The molecule has 0 saturated carbocycles. The molecule has 3 heterocycles. The molecule has 1 aliphatic heterocycles. The Morgan fingerprint density at radius 2 is 1.44 bits per heavy atom. The van der Waals surface area contributed by atoms with Gasteiger partial charge in [0.15, 0.2) is 11.6 Å². The normalized spacial score (nSPS) is 19.5. The Balaban J connectivity index is 1.35. The van der Waals surface area contributed by atoms with E-state index in [-0.39, 0.29) is 11.5 Å². The highest BCUT2D eigenvalue weighted by Gasteiger charge is 2.47. The van der Waals surface area contributed by atoms with Gasteiger partial charge in [0.05, 0.1) is 6.04 Å². The maximum atomic E-state index is 6.19. The van der Waals surface area contributed by atoms with Crippen LogP contribution in [0.4, 0.5) is 11.6 Å². The SMILES string of the molecule is CC12C=CC=CC1N(c1nc(-c3ccccc3)nc(-c3ccc4c(c3)oc3ccccc34)n1)c1ccccc12. The monoisotopic (exact) mass is 504 g/mol. The zero-order chi connectivity index (χ0) is 26.0. The molecular formula is C34H24N4O. The van der Waals surface area contributed by atoms with Gasteiger partial charge in [-0.05, 0) is 36.8 Å². The Kier molecular flexibility index (Phi) is 4.65. The van der Waals surface area contributed by atoms with Gasteiger partial charge in [-0.25, -0.2) is 4.98 Å². The van der Waals surface area contributed by atoms with Crippen LogP contribution in [0, 0.1) is 0 Å². The van der Waals surface area contributed by atoms with Crippen LogP contribution in [0.2, 0.25) is 0 Å². The van der Waals surface area contributed by atoms with E-state index in [0.29, 0.717) is 17.6 Å². The van der Waals surface area contributed by atoms with Crippen molar-refractivity contribution in [2.75, 3.05) is 4.90 Å². The molecule has 0 bridgehead atoms. The van der Waals surface area contributed by atoms with Crippen molar-refractivity contribution in [3.63, 3.8) is 0 Å². The molecule has 39 heavy (non-hydrogen) atoms. The van der Waals surface area contributed by atoms with E-state index in [0.717, 1.165) is 38.8 Å². The van der Waals surface area contributed by atoms with Crippen molar-refractivity contribution in [2.45, 2.75) is 18.4 Å². The summed E-state index contributed by atoms with van der Waals surface area (Å²) in [7, 11) is 0. The third kappa shape index (κ3) is 3.29. The molecule has 6 aromatic rings. The first-order valence-corrected chi connectivity index (χ1v) is 13.2. The van der Waals surface area contributed by atoms with E-state index < -0.39 is 0 Å². The molecule has 5 heteroatoms. The van der Waals surface area contributed by atoms with Gasteiger partial charge in [0.2, 0.25) is 5.95 Å². The number of furan rings is 1. The van der Waals surface area contributed by atoms with Crippen LogP contribution in [0.15, 0.2) is 126 Å². The Hall–Kier alpha value is -5.03. The number of anilines is 2. The molecule has 0 saturated heterocycles. The van der Waals surface area contributed by atoms with E-state index in [1.807, 2.05) is 54.6 Å². The summed E-state index contributed by atoms with van der Waals surface area (Å²) in [6.45, 7) is 2.28. The first-order chi connectivity index (χ1) is 19.2. The fourth-order valence-electron chi connectivity index (χ4n) is 6.03. The van der Waals surface area contributed by atoms with Crippen LogP contribution in [0.3, 0.4) is 0 Å². The molecule has 186 valence electrons. The molecule has 2 aliphatic rings. The molecule has 0 fully saturated rings. The highest BCUT2D eigenvalue weighted by molar-refractivity contribution is 6.05. The van der Waals surface area contributed by atoms with Crippen molar-refractivity contribution >= 4 is 33.6 Å². The zero-order valence-corrected chi connectivity index (χ0v) is 21.3. The first kappa shape index (κ1) is 22.0. The van der Waals surface area contributed by atoms with Gasteiger partial charge in [-0.3, -0.25) is 0 Å². The summed E-state index contributed by atoms with van der Waals surface area (Å²) in [5, 5.41) is 2.18. The summed E-state index contributed by atoms with van der Waals surface area (Å²) < 4.78 is 6.19. The van der Waals surface area contributed by atoms with Crippen molar-refractivity contribution in [3.05, 3.63) is 127 Å². The molecule has 0 amide bonds. The first-order valence-electron chi connectivity index (χ1n) is 13.2. The topological polar surface area (TPSA) is 55.1 Å². The van der Waals surface area contributed by atoms with Gasteiger partial charge < -0.3 is 9.32 Å². The Morgan fingerprint density at radius 1 is 0.692 bits per heavy atom. The van der Waals surface area contributed by atoms with Gasteiger partial charge in [0.1, 0.15) is 11.2 Å². The number of nitrogens with zero attached hydrogens (tertiary/aromatic N) is 4. The van der Waals surface area contributed by atoms with Crippen LogP contribution in [-0.4, -0.2) is 21.0 Å². The lowest BCUT2D eigenvalue weighted by atomic mass is 9.76. The fourth-order valence-corrected chi connectivity index (χ4v) is 6.03. The molecule has 2 aromatic heterocycles. The van der Waals surface area contributed by atoms with Crippen molar-refractivity contribution in [2.24, 2.45) is 0 Å². The molecule has 0 N–H and O–H groups in total. The zero-order valence-electron chi connectivity index (χ0n) is 21.3. The molecule has 5 nitrogen and oxygen atoms in total. The molecule has 0 radical (unpaired) electrons. The maximum absolute atomic E-state index is 6.19. The predicted molar refractivity (Wildman–Crippen MR) is 156 cm³/mol. The average Bonchev–Trinajstić information content (AvgIpc) is 3.49. The van der Waals surface area contributed by atoms with E-state index in [4.69, 9.17) is 19.4 Å². The van der Waals surface area contributed by atoms with E-state index in [1.165, 1.54) is 5.56 Å². The molecule has 8 rings (SSSR count). The quantitative estimate of drug-likeness (QED) is 0.244. The second kappa shape index (κ2) is 8.23. The minimum Gasteiger partial charge on any atom is -0.456 e. The highest BCUT2D eigenvalue weighted by atomic mass is 16.3. The van der Waals surface area contributed by atoms with E-state index in [9.17, 15) is 0 Å². The van der Waals surface area contributed by atoms with Crippen LogP contribution in [0.1, 0.15) is 12.5 Å². The lowest BCUT2D eigenvalue weighted by Gasteiger charge is -2.33. The number of para-hydroxylation sites is 2. The smallest absolute Gasteiger partial charge is 0.234 e. The van der Waals surface area contributed by atoms with Crippen molar-refractivity contribution in [3.8, 4) is 22.8 Å². The van der Waals surface area contributed by atoms with Gasteiger partial charge in [-0.2, -0.15) is 9.97 Å². The Bertz CT molecular complexity index is 1960.